The fourth-order valence-corrected chi connectivity index (χ4v) is 1.06. The van der Waals surface area contributed by atoms with Crippen molar-refractivity contribution in [3.05, 3.63) is 30.1 Å². The normalized spacial score (nSPS) is 9.58. The smallest absolute Gasteiger partial charge is 0.103 e. The quantitative estimate of drug-likeness (QED) is 0.656. The third-order valence-corrected chi connectivity index (χ3v) is 1.63. The van der Waals surface area contributed by atoms with E-state index < -0.39 is 0 Å². The van der Waals surface area contributed by atoms with Gasteiger partial charge in [-0.2, -0.15) is 10.4 Å². The molecule has 0 saturated carbocycles. The summed E-state index contributed by atoms with van der Waals surface area (Å²) in [4.78, 5) is 2.99. The third kappa shape index (κ3) is 0.883. The van der Waals surface area contributed by atoms with E-state index >= 15 is 0 Å². The molecule has 2 aromatic heterocycles. The summed E-state index contributed by atoms with van der Waals surface area (Å²) in [5.74, 6) is 0. The lowest BCUT2D eigenvalue weighted by Crippen LogP contribution is -1.80. The molecule has 0 aromatic carbocycles. The molecule has 4 nitrogen and oxygen atoms in total. The average Bonchev–Trinajstić information content (AvgIpc) is 2.74. The van der Waals surface area contributed by atoms with Crippen LogP contribution in [0.15, 0.2) is 24.5 Å². The van der Waals surface area contributed by atoms with Crippen LogP contribution in [0.1, 0.15) is 5.56 Å². The molecule has 12 heavy (non-hydrogen) atoms. The minimum Gasteiger partial charge on any atom is -0.360 e. The van der Waals surface area contributed by atoms with Crippen molar-refractivity contribution in [3.63, 3.8) is 0 Å². The number of rotatable bonds is 1. The van der Waals surface area contributed by atoms with Gasteiger partial charge < -0.3 is 4.98 Å². The van der Waals surface area contributed by atoms with Gasteiger partial charge in [-0.1, -0.05) is 0 Å². The molecule has 2 heterocycles. The maximum atomic E-state index is 8.68. The summed E-state index contributed by atoms with van der Waals surface area (Å²) in [5, 5.41) is 15.2. The number of nitrogens with one attached hydrogen (secondary N) is 2. The third-order valence-electron chi connectivity index (χ3n) is 1.63. The number of nitriles is 1. The number of aromatic nitrogens is 3. The van der Waals surface area contributed by atoms with Crippen molar-refractivity contribution in [2.75, 3.05) is 0 Å². The number of H-pyrrole nitrogens is 2. The van der Waals surface area contributed by atoms with Gasteiger partial charge in [-0.15, -0.1) is 0 Å². The van der Waals surface area contributed by atoms with Gasteiger partial charge in [0.1, 0.15) is 6.07 Å². The van der Waals surface area contributed by atoms with Crippen molar-refractivity contribution in [2.24, 2.45) is 0 Å². The molecule has 0 unspecified atom stereocenters. The van der Waals surface area contributed by atoms with E-state index in [0.29, 0.717) is 5.56 Å². The van der Waals surface area contributed by atoms with Gasteiger partial charge in [-0.3, -0.25) is 5.10 Å². The van der Waals surface area contributed by atoms with Crippen LogP contribution >= 0.6 is 0 Å². The van der Waals surface area contributed by atoms with Crippen LogP contribution in [0.4, 0.5) is 0 Å². The van der Waals surface area contributed by atoms with Crippen molar-refractivity contribution in [1.29, 1.82) is 5.26 Å². The molecule has 0 atom stereocenters. The Bertz CT molecular complexity index is 404. The van der Waals surface area contributed by atoms with Crippen molar-refractivity contribution in [1.82, 2.24) is 15.2 Å². The molecule has 2 N–H and O–H groups in total. The highest BCUT2D eigenvalue weighted by Crippen LogP contribution is 2.17. The highest BCUT2D eigenvalue weighted by Gasteiger charge is 2.06. The van der Waals surface area contributed by atoms with E-state index in [1.165, 1.54) is 6.20 Å². The molecule has 0 aliphatic carbocycles. The van der Waals surface area contributed by atoms with Crippen LogP contribution in [0.25, 0.3) is 11.4 Å². The molecule has 0 fully saturated rings. The van der Waals surface area contributed by atoms with Crippen LogP contribution in [0, 0.1) is 11.3 Å². The second kappa shape index (κ2) is 2.55. The Kier molecular flexibility index (Phi) is 1.42. The molecule has 0 spiro atoms. The van der Waals surface area contributed by atoms with Crippen LogP contribution < -0.4 is 0 Å². The van der Waals surface area contributed by atoms with Crippen molar-refractivity contribution in [3.8, 4) is 17.5 Å². The van der Waals surface area contributed by atoms with E-state index in [1.54, 1.807) is 6.20 Å². The first-order valence-electron chi connectivity index (χ1n) is 3.49. The van der Waals surface area contributed by atoms with Gasteiger partial charge >= 0.3 is 0 Å². The van der Waals surface area contributed by atoms with E-state index in [1.807, 2.05) is 12.1 Å². The van der Waals surface area contributed by atoms with Crippen LogP contribution in [0.3, 0.4) is 0 Å². The van der Waals surface area contributed by atoms with Gasteiger partial charge in [0.2, 0.25) is 0 Å². The molecule has 2 rings (SSSR count). The molecule has 0 aliphatic heterocycles. The zero-order chi connectivity index (χ0) is 8.39. The van der Waals surface area contributed by atoms with Crippen LogP contribution in [-0.4, -0.2) is 15.2 Å². The second-order valence-electron chi connectivity index (χ2n) is 2.35. The SMILES string of the molecule is N#Cc1cn[nH]c1-c1ccc[nH]1. The zero-order valence-corrected chi connectivity index (χ0v) is 6.20. The number of hydrogen-bond acceptors (Lipinski definition) is 2. The summed E-state index contributed by atoms with van der Waals surface area (Å²) in [5.41, 5.74) is 2.17. The molecule has 0 bridgehead atoms. The Balaban J connectivity index is 2.55. The van der Waals surface area contributed by atoms with E-state index in [2.05, 4.69) is 21.3 Å². The van der Waals surface area contributed by atoms with Gasteiger partial charge in [-0.05, 0) is 12.1 Å². The number of aromatic amines is 2. The maximum Gasteiger partial charge on any atom is 0.103 e. The zero-order valence-electron chi connectivity index (χ0n) is 6.20. The fourth-order valence-electron chi connectivity index (χ4n) is 1.06. The van der Waals surface area contributed by atoms with Gasteiger partial charge in [0.25, 0.3) is 0 Å². The van der Waals surface area contributed by atoms with Crippen molar-refractivity contribution in [2.45, 2.75) is 0 Å². The molecule has 0 saturated heterocycles. The molecule has 0 radical (unpaired) electrons. The summed E-state index contributed by atoms with van der Waals surface area (Å²) in [6, 6.07) is 5.81. The van der Waals surface area contributed by atoms with E-state index in [0.717, 1.165) is 11.4 Å². The summed E-state index contributed by atoms with van der Waals surface area (Å²) < 4.78 is 0. The lowest BCUT2D eigenvalue weighted by Gasteiger charge is -1.90. The maximum absolute atomic E-state index is 8.68. The molecular weight excluding hydrogens is 152 g/mol. The first-order chi connectivity index (χ1) is 5.92. The first kappa shape index (κ1) is 6.68. The van der Waals surface area contributed by atoms with Crippen LogP contribution in [-0.2, 0) is 0 Å². The van der Waals surface area contributed by atoms with Crippen LogP contribution in [0.5, 0.6) is 0 Å². The summed E-state index contributed by atoms with van der Waals surface area (Å²) in [7, 11) is 0. The molecular formula is C8H6N4. The fraction of sp³-hybridized carbons (Fsp3) is 0. The lowest BCUT2D eigenvalue weighted by molar-refractivity contribution is 1.09. The first-order valence-corrected chi connectivity index (χ1v) is 3.49. The Morgan fingerprint density at radius 3 is 3.08 bits per heavy atom. The topological polar surface area (TPSA) is 68.3 Å². The molecule has 0 amide bonds. The van der Waals surface area contributed by atoms with Gasteiger partial charge in [0.05, 0.1) is 23.1 Å². The summed E-state index contributed by atoms with van der Waals surface area (Å²) in [6.07, 6.45) is 3.31. The lowest BCUT2D eigenvalue weighted by atomic mass is 10.2. The monoisotopic (exact) mass is 158 g/mol. The predicted octanol–water partition coefficient (Wildman–Crippen LogP) is 1.28. The largest absolute Gasteiger partial charge is 0.360 e. The molecule has 4 heteroatoms. The molecule has 0 aliphatic rings. The summed E-state index contributed by atoms with van der Waals surface area (Å²) in [6.45, 7) is 0. The van der Waals surface area contributed by atoms with E-state index in [4.69, 9.17) is 5.26 Å². The van der Waals surface area contributed by atoms with Gasteiger partial charge in [-0.25, -0.2) is 0 Å². The number of nitrogens with zero attached hydrogens (tertiary/aromatic N) is 2. The number of hydrogen-bond donors (Lipinski definition) is 2. The van der Waals surface area contributed by atoms with Gasteiger partial charge in [0, 0.05) is 6.20 Å². The Morgan fingerprint density at radius 2 is 2.42 bits per heavy atom. The van der Waals surface area contributed by atoms with Crippen molar-refractivity contribution >= 4 is 0 Å². The van der Waals surface area contributed by atoms with Crippen LogP contribution in [0.2, 0.25) is 0 Å². The summed E-state index contributed by atoms with van der Waals surface area (Å²) >= 11 is 0. The minimum absolute atomic E-state index is 0.553. The Hall–Kier alpha value is -2.02. The van der Waals surface area contributed by atoms with Gasteiger partial charge in [0.15, 0.2) is 0 Å². The van der Waals surface area contributed by atoms with E-state index in [-0.39, 0.29) is 0 Å². The average molecular weight is 158 g/mol. The molecule has 2 aromatic rings. The molecule has 58 valence electrons. The van der Waals surface area contributed by atoms with E-state index in [9.17, 15) is 0 Å². The minimum atomic E-state index is 0.553. The predicted molar refractivity (Wildman–Crippen MR) is 43.1 cm³/mol. The van der Waals surface area contributed by atoms with Crippen molar-refractivity contribution < 1.29 is 0 Å². The Morgan fingerprint density at radius 1 is 1.50 bits per heavy atom. The Labute approximate surface area is 68.9 Å². The standard InChI is InChI=1S/C8H6N4/c9-4-6-5-11-12-8(6)7-2-1-3-10-7/h1-3,5,10H,(H,11,12). The highest BCUT2D eigenvalue weighted by molar-refractivity contribution is 5.62. The highest BCUT2D eigenvalue weighted by atomic mass is 15.1. The second-order valence-corrected chi connectivity index (χ2v) is 2.35.